The van der Waals surface area contributed by atoms with Gasteiger partial charge in [0, 0.05) is 4.87 Å². The summed E-state index contributed by atoms with van der Waals surface area (Å²) in [5.41, 5.74) is 0.375. The second kappa shape index (κ2) is 4.68. The van der Waals surface area contributed by atoms with E-state index in [0.717, 1.165) is 6.42 Å². The Morgan fingerprint density at radius 2 is 1.62 bits per heavy atom. The highest BCUT2D eigenvalue weighted by Crippen LogP contribution is 2.40. The first kappa shape index (κ1) is 13.3. The average Bonchev–Trinajstić information content (AvgIpc) is 2.01. The lowest BCUT2D eigenvalue weighted by molar-refractivity contribution is 0.239. The summed E-state index contributed by atoms with van der Waals surface area (Å²) >= 11 is 6.55. The van der Waals surface area contributed by atoms with Crippen molar-refractivity contribution in [1.29, 1.82) is 0 Å². The molecule has 0 amide bonds. The van der Waals surface area contributed by atoms with Crippen LogP contribution in [-0.4, -0.2) is 4.87 Å². The number of alkyl halides is 1. The molecule has 0 N–H and O–H groups in total. The van der Waals surface area contributed by atoms with Crippen molar-refractivity contribution < 1.29 is 0 Å². The molecule has 80 valence electrons. The average molecular weight is 205 g/mol. The molecule has 2 unspecified atom stereocenters. The molecule has 0 heterocycles. The maximum absolute atomic E-state index is 6.55. The summed E-state index contributed by atoms with van der Waals surface area (Å²) in [4.78, 5) is -0.0335. The Labute approximate surface area is 89.1 Å². The highest BCUT2D eigenvalue weighted by molar-refractivity contribution is 6.23. The van der Waals surface area contributed by atoms with Crippen molar-refractivity contribution in [3.63, 3.8) is 0 Å². The van der Waals surface area contributed by atoms with E-state index < -0.39 is 0 Å². The zero-order valence-electron chi connectivity index (χ0n) is 10.1. The smallest absolute Gasteiger partial charge is 0.0449 e. The van der Waals surface area contributed by atoms with Crippen LogP contribution in [0.25, 0.3) is 0 Å². The van der Waals surface area contributed by atoms with Crippen LogP contribution in [0.4, 0.5) is 0 Å². The molecule has 0 bridgehead atoms. The van der Waals surface area contributed by atoms with E-state index >= 15 is 0 Å². The summed E-state index contributed by atoms with van der Waals surface area (Å²) < 4.78 is 0. The van der Waals surface area contributed by atoms with Crippen LogP contribution >= 0.6 is 11.6 Å². The Morgan fingerprint density at radius 3 is 1.92 bits per heavy atom. The molecule has 1 heteroatoms. The van der Waals surface area contributed by atoms with Crippen LogP contribution in [0, 0.1) is 11.3 Å². The summed E-state index contributed by atoms with van der Waals surface area (Å²) in [7, 11) is 0. The van der Waals surface area contributed by atoms with Crippen molar-refractivity contribution >= 4 is 11.6 Å². The Balaban J connectivity index is 4.32. The molecule has 0 saturated heterocycles. The topological polar surface area (TPSA) is 0 Å². The van der Waals surface area contributed by atoms with E-state index in [1.165, 1.54) is 12.8 Å². The Kier molecular flexibility index (Phi) is 4.79. The summed E-state index contributed by atoms with van der Waals surface area (Å²) in [6, 6.07) is 0. The number of halogens is 1. The van der Waals surface area contributed by atoms with Gasteiger partial charge in [0.2, 0.25) is 0 Å². The van der Waals surface area contributed by atoms with Gasteiger partial charge in [0.05, 0.1) is 0 Å². The summed E-state index contributed by atoms with van der Waals surface area (Å²) in [6.07, 6.45) is 3.47. The van der Waals surface area contributed by atoms with Crippen LogP contribution < -0.4 is 0 Å². The fraction of sp³-hybridized carbons (Fsp3) is 1.00. The molecule has 0 aromatic carbocycles. The molecule has 0 radical (unpaired) electrons. The molecule has 13 heavy (non-hydrogen) atoms. The number of hydrogen-bond acceptors (Lipinski definition) is 0. The molecular formula is C12H25Cl. The van der Waals surface area contributed by atoms with Gasteiger partial charge < -0.3 is 0 Å². The van der Waals surface area contributed by atoms with Crippen LogP contribution in [0.3, 0.4) is 0 Å². The van der Waals surface area contributed by atoms with Crippen LogP contribution in [0.1, 0.15) is 60.8 Å². The van der Waals surface area contributed by atoms with E-state index in [1.54, 1.807) is 0 Å². The maximum Gasteiger partial charge on any atom is 0.0449 e. The predicted octanol–water partition coefficient (Wildman–Crippen LogP) is 4.86. The van der Waals surface area contributed by atoms with Crippen LogP contribution in [0.5, 0.6) is 0 Å². The standard InChI is InChI=1S/C12H25Cl/c1-7-10(3)12(6,13)9-11(4,5)8-2/h10H,7-9H2,1-6H3. The van der Waals surface area contributed by atoms with Gasteiger partial charge in [-0.15, -0.1) is 11.6 Å². The third kappa shape index (κ3) is 4.35. The van der Waals surface area contributed by atoms with Gasteiger partial charge in [-0.25, -0.2) is 0 Å². The van der Waals surface area contributed by atoms with Gasteiger partial charge in [-0.2, -0.15) is 0 Å². The van der Waals surface area contributed by atoms with E-state index in [0.29, 0.717) is 11.3 Å². The molecule has 0 spiro atoms. The second-order valence-corrected chi connectivity index (χ2v) is 6.15. The van der Waals surface area contributed by atoms with E-state index in [4.69, 9.17) is 11.6 Å². The lowest BCUT2D eigenvalue weighted by Gasteiger charge is -2.36. The van der Waals surface area contributed by atoms with Gasteiger partial charge in [0.25, 0.3) is 0 Å². The molecule has 0 aliphatic rings. The Morgan fingerprint density at radius 1 is 1.15 bits per heavy atom. The molecule has 0 fully saturated rings. The molecule has 0 aromatic rings. The summed E-state index contributed by atoms with van der Waals surface area (Å²) in [5, 5.41) is 0. The number of rotatable bonds is 5. The molecule has 2 atom stereocenters. The van der Waals surface area contributed by atoms with Crippen LogP contribution in [0.15, 0.2) is 0 Å². The lowest BCUT2D eigenvalue weighted by Crippen LogP contribution is -2.32. The first-order valence-electron chi connectivity index (χ1n) is 5.44. The zero-order valence-corrected chi connectivity index (χ0v) is 10.8. The summed E-state index contributed by atoms with van der Waals surface area (Å²) in [6.45, 7) is 13.5. The van der Waals surface area contributed by atoms with Crippen molar-refractivity contribution in [2.24, 2.45) is 11.3 Å². The largest absolute Gasteiger partial charge is 0.119 e. The third-order valence-electron chi connectivity index (χ3n) is 3.42. The van der Waals surface area contributed by atoms with Gasteiger partial charge in [0.15, 0.2) is 0 Å². The molecule has 0 aliphatic heterocycles. The first-order chi connectivity index (χ1) is 5.75. The summed E-state index contributed by atoms with van der Waals surface area (Å²) in [5.74, 6) is 0.597. The van der Waals surface area contributed by atoms with Crippen molar-refractivity contribution in [2.75, 3.05) is 0 Å². The highest BCUT2D eigenvalue weighted by atomic mass is 35.5. The molecule has 0 rings (SSSR count). The van der Waals surface area contributed by atoms with Crippen LogP contribution in [0.2, 0.25) is 0 Å². The van der Waals surface area contributed by atoms with Gasteiger partial charge in [-0.05, 0) is 24.7 Å². The van der Waals surface area contributed by atoms with Gasteiger partial charge in [0.1, 0.15) is 0 Å². The van der Waals surface area contributed by atoms with Crippen molar-refractivity contribution in [2.45, 2.75) is 65.7 Å². The Hall–Kier alpha value is 0.290. The van der Waals surface area contributed by atoms with Crippen molar-refractivity contribution in [3.05, 3.63) is 0 Å². The minimum atomic E-state index is -0.0335. The van der Waals surface area contributed by atoms with E-state index in [1.807, 2.05) is 0 Å². The van der Waals surface area contributed by atoms with E-state index in [9.17, 15) is 0 Å². The minimum Gasteiger partial charge on any atom is -0.119 e. The van der Waals surface area contributed by atoms with E-state index in [2.05, 4.69) is 41.5 Å². The van der Waals surface area contributed by atoms with Crippen molar-refractivity contribution in [3.8, 4) is 0 Å². The van der Waals surface area contributed by atoms with Crippen LogP contribution in [-0.2, 0) is 0 Å². The second-order valence-electron chi connectivity index (χ2n) is 5.28. The molecule has 0 saturated carbocycles. The minimum absolute atomic E-state index is 0.0335. The van der Waals surface area contributed by atoms with Gasteiger partial charge in [-0.3, -0.25) is 0 Å². The molecule has 0 aliphatic carbocycles. The number of hydrogen-bond donors (Lipinski definition) is 0. The van der Waals surface area contributed by atoms with Crippen molar-refractivity contribution in [1.82, 2.24) is 0 Å². The SMILES string of the molecule is CCC(C)C(C)(Cl)CC(C)(C)CC. The quantitative estimate of drug-likeness (QED) is 0.562. The molecular weight excluding hydrogens is 180 g/mol. The lowest BCUT2D eigenvalue weighted by atomic mass is 9.76. The first-order valence-corrected chi connectivity index (χ1v) is 5.82. The Bertz CT molecular complexity index is 147. The zero-order chi connectivity index (χ0) is 10.7. The monoisotopic (exact) mass is 204 g/mol. The predicted molar refractivity (Wildman–Crippen MR) is 62.4 cm³/mol. The third-order valence-corrected chi connectivity index (χ3v) is 3.93. The highest BCUT2D eigenvalue weighted by Gasteiger charge is 2.33. The molecule has 0 nitrogen and oxygen atoms in total. The molecule has 0 aromatic heterocycles. The fourth-order valence-electron chi connectivity index (χ4n) is 1.66. The normalized spacial score (nSPS) is 19.6. The van der Waals surface area contributed by atoms with Gasteiger partial charge >= 0.3 is 0 Å². The maximum atomic E-state index is 6.55. The fourth-order valence-corrected chi connectivity index (χ4v) is 2.18. The van der Waals surface area contributed by atoms with E-state index in [-0.39, 0.29) is 4.87 Å². The van der Waals surface area contributed by atoms with Gasteiger partial charge in [-0.1, -0.05) is 47.5 Å².